The molecule has 0 unspecified atom stereocenters. The summed E-state index contributed by atoms with van der Waals surface area (Å²) in [5, 5.41) is 0.287. The van der Waals surface area contributed by atoms with E-state index in [0.29, 0.717) is 22.7 Å². The molecule has 0 bridgehead atoms. The molecule has 0 aliphatic rings. The van der Waals surface area contributed by atoms with Crippen molar-refractivity contribution in [3.63, 3.8) is 0 Å². The second-order valence-corrected chi connectivity index (χ2v) is 3.93. The first-order valence-corrected chi connectivity index (χ1v) is 5.46. The van der Waals surface area contributed by atoms with Gasteiger partial charge in [-0.3, -0.25) is 0 Å². The fourth-order valence-electron chi connectivity index (χ4n) is 1.60. The fourth-order valence-corrected chi connectivity index (χ4v) is 1.74. The maximum atomic E-state index is 11.2. The normalized spacial score (nSPS) is 10.7. The van der Waals surface area contributed by atoms with Gasteiger partial charge in [0.15, 0.2) is 5.75 Å². The van der Waals surface area contributed by atoms with Gasteiger partial charge in [-0.25, -0.2) is 14.8 Å². The number of nitrogens with one attached hydrogen (secondary N) is 2. The minimum absolute atomic E-state index is 0.287. The van der Waals surface area contributed by atoms with Crippen LogP contribution in [0.5, 0.6) is 11.6 Å². The van der Waals surface area contributed by atoms with Crippen LogP contribution in [-0.2, 0) is 0 Å². The minimum Gasteiger partial charge on any atom is -0.437 e. The Morgan fingerprint density at radius 3 is 2.94 bits per heavy atom. The van der Waals surface area contributed by atoms with E-state index < -0.39 is 0 Å². The highest BCUT2D eigenvalue weighted by Crippen LogP contribution is 2.26. The molecule has 0 saturated heterocycles. The molecule has 0 atom stereocenters. The summed E-state index contributed by atoms with van der Waals surface area (Å²) in [6.45, 7) is 0. The van der Waals surface area contributed by atoms with Crippen molar-refractivity contribution in [2.24, 2.45) is 0 Å². The first-order chi connectivity index (χ1) is 8.72. The molecule has 0 aliphatic heterocycles. The van der Waals surface area contributed by atoms with Crippen LogP contribution in [0.15, 0.2) is 35.4 Å². The van der Waals surface area contributed by atoms with Crippen LogP contribution < -0.4 is 10.4 Å². The average Bonchev–Trinajstić information content (AvgIpc) is 2.71. The fraction of sp³-hybridized carbons (Fsp3) is 0. The van der Waals surface area contributed by atoms with Gasteiger partial charge in [-0.1, -0.05) is 17.7 Å². The molecule has 3 aromatic rings. The predicted octanol–water partition coefficient (Wildman–Crippen LogP) is 2.09. The number of benzene rings is 1. The van der Waals surface area contributed by atoms with Gasteiger partial charge in [-0.2, -0.15) is 0 Å². The topological polar surface area (TPSA) is 83.7 Å². The lowest BCUT2D eigenvalue weighted by molar-refractivity contribution is 0.466. The summed E-state index contributed by atoms with van der Waals surface area (Å²) >= 11 is 5.74. The lowest BCUT2D eigenvalue weighted by Gasteiger charge is -2.04. The summed E-state index contributed by atoms with van der Waals surface area (Å²) in [5.74, 6) is 0.796. The monoisotopic (exact) mass is 262 g/mol. The van der Waals surface area contributed by atoms with Gasteiger partial charge in [-0.05, 0) is 12.1 Å². The Bertz CT molecular complexity index is 765. The van der Waals surface area contributed by atoms with Crippen LogP contribution in [0.2, 0.25) is 5.15 Å². The van der Waals surface area contributed by atoms with Crippen molar-refractivity contribution >= 4 is 22.6 Å². The number of imidazole rings is 1. The number of fused-ring (bicyclic) bond motifs is 1. The Hall–Kier alpha value is -2.34. The van der Waals surface area contributed by atoms with E-state index in [4.69, 9.17) is 16.3 Å². The second-order valence-electron chi connectivity index (χ2n) is 3.54. The number of rotatable bonds is 2. The molecule has 2 heterocycles. The number of nitrogens with zero attached hydrogens (tertiary/aromatic N) is 2. The highest BCUT2D eigenvalue weighted by molar-refractivity contribution is 6.29. The first-order valence-electron chi connectivity index (χ1n) is 5.09. The molecular formula is C11H7ClN4O2. The number of hydrogen-bond acceptors (Lipinski definition) is 4. The van der Waals surface area contributed by atoms with Gasteiger partial charge in [0, 0.05) is 6.07 Å². The molecular weight excluding hydrogens is 256 g/mol. The third-order valence-corrected chi connectivity index (χ3v) is 2.54. The van der Waals surface area contributed by atoms with Crippen molar-refractivity contribution in [2.45, 2.75) is 0 Å². The molecule has 0 fully saturated rings. The van der Waals surface area contributed by atoms with E-state index >= 15 is 0 Å². The van der Waals surface area contributed by atoms with Crippen molar-refractivity contribution in [2.75, 3.05) is 0 Å². The summed E-state index contributed by atoms with van der Waals surface area (Å²) in [6, 6.07) is 6.75. The SMILES string of the molecule is O=c1[nH]c2cccc(Oc3cc(Cl)ncn3)c2[nH]1. The van der Waals surface area contributed by atoms with Crippen LogP contribution in [-0.4, -0.2) is 19.9 Å². The Morgan fingerprint density at radius 1 is 1.22 bits per heavy atom. The molecule has 2 N–H and O–H groups in total. The smallest absolute Gasteiger partial charge is 0.323 e. The molecule has 18 heavy (non-hydrogen) atoms. The number of para-hydroxylation sites is 1. The maximum absolute atomic E-state index is 11.2. The number of aromatic nitrogens is 4. The van der Waals surface area contributed by atoms with Crippen LogP contribution >= 0.6 is 11.6 Å². The maximum Gasteiger partial charge on any atom is 0.323 e. The Labute approximate surface area is 106 Å². The van der Waals surface area contributed by atoms with Crippen LogP contribution in [0.4, 0.5) is 0 Å². The third kappa shape index (κ3) is 1.93. The van der Waals surface area contributed by atoms with Gasteiger partial charge in [0.2, 0.25) is 5.88 Å². The number of aromatic amines is 2. The standard InChI is InChI=1S/C11H7ClN4O2/c12-8-4-9(14-5-13-8)18-7-3-1-2-6-10(7)16-11(17)15-6/h1-5H,(H2,15,16,17). The number of hydrogen-bond donors (Lipinski definition) is 2. The Morgan fingerprint density at radius 2 is 2.11 bits per heavy atom. The summed E-state index contributed by atoms with van der Waals surface area (Å²) in [4.78, 5) is 24.2. The Balaban J connectivity index is 2.07. The van der Waals surface area contributed by atoms with Gasteiger partial charge in [0.1, 0.15) is 17.0 Å². The van der Waals surface area contributed by atoms with E-state index in [-0.39, 0.29) is 10.8 Å². The van der Waals surface area contributed by atoms with Crippen molar-refractivity contribution in [3.05, 3.63) is 46.2 Å². The van der Waals surface area contributed by atoms with E-state index in [1.165, 1.54) is 12.4 Å². The summed E-state index contributed by atoms with van der Waals surface area (Å²) in [7, 11) is 0. The highest BCUT2D eigenvalue weighted by Gasteiger charge is 2.07. The van der Waals surface area contributed by atoms with E-state index in [9.17, 15) is 4.79 Å². The summed E-state index contributed by atoms with van der Waals surface area (Å²) in [5.41, 5.74) is 0.955. The molecule has 0 aliphatic carbocycles. The molecule has 0 amide bonds. The quantitative estimate of drug-likeness (QED) is 0.693. The molecule has 3 rings (SSSR count). The molecule has 0 spiro atoms. The summed E-state index contributed by atoms with van der Waals surface area (Å²) < 4.78 is 5.56. The van der Waals surface area contributed by atoms with E-state index in [1.54, 1.807) is 18.2 Å². The van der Waals surface area contributed by atoms with Crippen molar-refractivity contribution in [3.8, 4) is 11.6 Å². The zero-order valence-corrected chi connectivity index (χ0v) is 9.73. The molecule has 7 heteroatoms. The molecule has 2 aromatic heterocycles. The zero-order valence-electron chi connectivity index (χ0n) is 8.98. The predicted molar refractivity (Wildman–Crippen MR) is 66.0 cm³/mol. The van der Waals surface area contributed by atoms with Gasteiger partial charge < -0.3 is 14.7 Å². The largest absolute Gasteiger partial charge is 0.437 e. The molecule has 6 nitrogen and oxygen atoms in total. The van der Waals surface area contributed by atoms with Crippen molar-refractivity contribution < 1.29 is 4.74 Å². The van der Waals surface area contributed by atoms with E-state index in [1.807, 2.05) is 0 Å². The van der Waals surface area contributed by atoms with Gasteiger partial charge in [0.25, 0.3) is 0 Å². The highest BCUT2D eigenvalue weighted by atomic mass is 35.5. The second kappa shape index (κ2) is 4.15. The summed E-state index contributed by atoms with van der Waals surface area (Å²) in [6.07, 6.45) is 1.30. The van der Waals surface area contributed by atoms with Crippen LogP contribution in [0.25, 0.3) is 11.0 Å². The van der Waals surface area contributed by atoms with Crippen molar-refractivity contribution in [1.82, 2.24) is 19.9 Å². The molecule has 1 aromatic carbocycles. The lowest BCUT2D eigenvalue weighted by Crippen LogP contribution is -1.99. The molecule has 90 valence electrons. The molecule has 0 radical (unpaired) electrons. The lowest BCUT2D eigenvalue weighted by atomic mass is 10.3. The molecule has 0 saturated carbocycles. The van der Waals surface area contributed by atoms with Crippen molar-refractivity contribution in [1.29, 1.82) is 0 Å². The third-order valence-electron chi connectivity index (χ3n) is 2.34. The zero-order chi connectivity index (χ0) is 12.5. The first kappa shape index (κ1) is 10.8. The van der Waals surface area contributed by atoms with E-state index in [2.05, 4.69) is 19.9 Å². The number of H-pyrrole nitrogens is 2. The van der Waals surface area contributed by atoms with Gasteiger partial charge in [0.05, 0.1) is 5.52 Å². The van der Waals surface area contributed by atoms with Gasteiger partial charge >= 0.3 is 5.69 Å². The van der Waals surface area contributed by atoms with Crippen LogP contribution in [0.1, 0.15) is 0 Å². The van der Waals surface area contributed by atoms with Gasteiger partial charge in [-0.15, -0.1) is 0 Å². The number of ether oxygens (including phenoxy) is 1. The van der Waals surface area contributed by atoms with E-state index in [0.717, 1.165) is 0 Å². The average molecular weight is 263 g/mol. The Kier molecular flexibility index (Phi) is 2.49. The van der Waals surface area contributed by atoms with Crippen LogP contribution in [0, 0.1) is 0 Å². The minimum atomic E-state index is -0.290. The van der Waals surface area contributed by atoms with Crippen LogP contribution in [0.3, 0.4) is 0 Å². The number of halogens is 1.